The first-order valence-electron chi connectivity index (χ1n) is 10.1. The van der Waals surface area contributed by atoms with Gasteiger partial charge in [0.2, 0.25) is 10.0 Å². The average molecular weight is 434 g/mol. The molecule has 31 heavy (non-hydrogen) atoms. The summed E-state index contributed by atoms with van der Waals surface area (Å²) in [5.74, 6) is 0. The van der Waals surface area contributed by atoms with Crippen molar-refractivity contribution in [2.75, 3.05) is 18.1 Å². The summed E-state index contributed by atoms with van der Waals surface area (Å²) in [6.45, 7) is 6.19. The Balaban J connectivity index is 1.75. The van der Waals surface area contributed by atoms with E-state index in [1.807, 2.05) is 72.6 Å². The van der Waals surface area contributed by atoms with E-state index < -0.39 is 10.0 Å². The van der Waals surface area contributed by atoms with Gasteiger partial charge in [-0.2, -0.15) is 9.41 Å². The molecule has 0 amide bonds. The monoisotopic (exact) mass is 433 g/mol. The number of sulfonamides is 1. The minimum Gasteiger partial charge on any atom is -0.234 e. The Morgan fingerprint density at radius 3 is 1.94 bits per heavy atom. The lowest BCUT2D eigenvalue weighted by Crippen LogP contribution is -2.32. The van der Waals surface area contributed by atoms with Crippen molar-refractivity contribution >= 4 is 27.6 Å². The second-order valence-electron chi connectivity index (χ2n) is 7.03. The van der Waals surface area contributed by atoms with Crippen LogP contribution in [0, 0.1) is 6.92 Å². The van der Waals surface area contributed by atoms with Gasteiger partial charge in [0.25, 0.3) is 0 Å². The molecule has 0 N–H and O–H groups in total. The predicted octanol–water partition coefficient (Wildman–Crippen LogP) is 5.39. The van der Waals surface area contributed by atoms with Crippen molar-refractivity contribution < 1.29 is 8.42 Å². The second-order valence-corrected chi connectivity index (χ2v) is 8.97. The molecule has 0 saturated carbocycles. The Bertz CT molecular complexity index is 1060. The minimum atomic E-state index is -3.60. The van der Waals surface area contributed by atoms with Gasteiger partial charge in [-0.1, -0.05) is 60.2 Å². The molecule has 0 aliphatic rings. The third kappa shape index (κ3) is 5.90. The van der Waals surface area contributed by atoms with Crippen molar-refractivity contribution in [2.24, 2.45) is 5.10 Å². The highest BCUT2D eigenvalue weighted by atomic mass is 32.2. The van der Waals surface area contributed by atoms with Crippen LogP contribution < -0.4 is 5.01 Å². The fourth-order valence-corrected chi connectivity index (χ4v) is 4.50. The molecule has 0 fully saturated rings. The Hall–Kier alpha value is -3.22. The number of hydrazone groups is 1. The number of hydrogen-bond donors (Lipinski definition) is 0. The standard InChI is InChI=1S/C25H27N3O2S/c1-3-20-27(31(29,30)25-17-15-22(2)16-18-25)21-10-19-26-28(23-11-6-4-7-12-23)24-13-8-5-9-14-24/h3-9,11-19H,1,10,20-21H2,2H3/b26-19+. The molecule has 0 spiro atoms. The van der Waals surface area contributed by atoms with Gasteiger partial charge in [-0.05, 0) is 49.7 Å². The van der Waals surface area contributed by atoms with E-state index >= 15 is 0 Å². The van der Waals surface area contributed by atoms with Gasteiger partial charge < -0.3 is 0 Å². The lowest BCUT2D eigenvalue weighted by atomic mass is 10.2. The van der Waals surface area contributed by atoms with Crippen LogP contribution in [0.1, 0.15) is 12.0 Å². The van der Waals surface area contributed by atoms with E-state index in [2.05, 4.69) is 11.7 Å². The normalized spacial score (nSPS) is 11.7. The molecule has 160 valence electrons. The third-order valence-electron chi connectivity index (χ3n) is 4.70. The van der Waals surface area contributed by atoms with Crippen LogP contribution in [0.4, 0.5) is 11.4 Å². The van der Waals surface area contributed by atoms with E-state index in [0.29, 0.717) is 13.0 Å². The molecule has 0 atom stereocenters. The van der Waals surface area contributed by atoms with Gasteiger partial charge >= 0.3 is 0 Å². The maximum absolute atomic E-state index is 13.0. The van der Waals surface area contributed by atoms with Gasteiger partial charge in [-0.15, -0.1) is 6.58 Å². The molecule has 0 radical (unpaired) electrons. The molecule has 0 bridgehead atoms. The summed E-state index contributed by atoms with van der Waals surface area (Å²) in [5.41, 5.74) is 2.88. The predicted molar refractivity (Wildman–Crippen MR) is 128 cm³/mol. The van der Waals surface area contributed by atoms with Crippen LogP contribution in [0.5, 0.6) is 0 Å². The number of aryl methyl sites for hydroxylation is 1. The lowest BCUT2D eigenvalue weighted by molar-refractivity contribution is 0.452. The quantitative estimate of drug-likeness (QED) is 0.245. The van der Waals surface area contributed by atoms with Crippen molar-refractivity contribution in [3.63, 3.8) is 0 Å². The van der Waals surface area contributed by atoms with Gasteiger partial charge in [0.05, 0.1) is 16.3 Å². The van der Waals surface area contributed by atoms with E-state index in [9.17, 15) is 8.42 Å². The molecular weight excluding hydrogens is 406 g/mol. The van der Waals surface area contributed by atoms with Crippen molar-refractivity contribution in [1.82, 2.24) is 4.31 Å². The Labute approximate surface area is 185 Å². The lowest BCUT2D eigenvalue weighted by Gasteiger charge is -2.21. The van der Waals surface area contributed by atoms with Crippen LogP contribution in [-0.2, 0) is 10.0 Å². The van der Waals surface area contributed by atoms with E-state index in [-0.39, 0.29) is 11.4 Å². The fraction of sp³-hybridized carbons (Fsp3) is 0.160. The van der Waals surface area contributed by atoms with E-state index in [1.165, 1.54) is 4.31 Å². The number of para-hydroxylation sites is 2. The molecule has 5 nitrogen and oxygen atoms in total. The zero-order valence-electron chi connectivity index (χ0n) is 17.6. The highest BCUT2D eigenvalue weighted by Crippen LogP contribution is 2.25. The summed E-state index contributed by atoms with van der Waals surface area (Å²) in [7, 11) is -3.60. The molecule has 0 unspecified atom stereocenters. The molecule has 0 aromatic heterocycles. The van der Waals surface area contributed by atoms with Crippen molar-refractivity contribution in [2.45, 2.75) is 18.2 Å². The molecular formula is C25H27N3O2S. The first-order valence-corrected chi connectivity index (χ1v) is 11.6. The molecule has 0 heterocycles. The van der Waals surface area contributed by atoms with Gasteiger partial charge in [-0.3, -0.25) is 0 Å². The highest BCUT2D eigenvalue weighted by molar-refractivity contribution is 7.89. The zero-order valence-corrected chi connectivity index (χ0v) is 18.4. The molecule has 0 aliphatic carbocycles. The topological polar surface area (TPSA) is 53.0 Å². The smallest absolute Gasteiger partial charge is 0.234 e. The van der Waals surface area contributed by atoms with E-state index in [4.69, 9.17) is 0 Å². The SMILES string of the molecule is C=CCN(CC/C=N/N(c1ccccc1)c1ccccc1)S(=O)(=O)c1ccc(C)cc1. The summed E-state index contributed by atoms with van der Waals surface area (Å²) in [6.07, 6.45) is 3.82. The minimum absolute atomic E-state index is 0.241. The Morgan fingerprint density at radius 2 is 1.42 bits per heavy atom. The average Bonchev–Trinajstić information content (AvgIpc) is 2.79. The first kappa shape index (κ1) is 22.5. The maximum Gasteiger partial charge on any atom is 0.243 e. The van der Waals surface area contributed by atoms with E-state index in [0.717, 1.165) is 16.9 Å². The number of rotatable bonds is 10. The van der Waals surface area contributed by atoms with Gasteiger partial charge in [0.15, 0.2) is 0 Å². The third-order valence-corrected chi connectivity index (χ3v) is 6.58. The maximum atomic E-state index is 13.0. The summed E-state index contributed by atoms with van der Waals surface area (Å²) in [6, 6.07) is 26.6. The molecule has 3 aromatic rings. The molecule has 3 aromatic carbocycles. The largest absolute Gasteiger partial charge is 0.243 e. The Morgan fingerprint density at radius 1 is 0.871 bits per heavy atom. The van der Waals surface area contributed by atoms with E-state index in [1.54, 1.807) is 36.6 Å². The summed E-state index contributed by atoms with van der Waals surface area (Å²) in [4.78, 5) is 0.284. The first-order chi connectivity index (χ1) is 15.0. The zero-order chi connectivity index (χ0) is 22.1. The second kappa shape index (κ2) is 10.7. The Kier molecular flexibility index (Phi) is 7.76. The van der Waals surface area contributed by atoms with Gasteiger partial charge in [0.1, 0.15) is 0 Å². The molecule has 6 heteroatoms. The molecule has 0 aliphatic heterocycles. The molecule has 0 saturated heterocycles. The van der Waals surface area contributed by atoms with Crippen molar-refractivity contribution in [1.29, 1.82) is 0 Å². The number of benzene rings is 3. The summed E-state index contributed by atoms with van der Waals surface area (Å²) >= 11 is 0. The number of hydrogen-bond acceptors (Lipinski definition) is 4. The highest BCUT2D eigenvalue weighted by Gasteiger charge is 2.22. The molecule has 3 rings (SSSR count). The van der Waals surface area contributed by atoms with Crippen LogP contribution in [0.15, 0.2) is 108 Å². The summed E-state index contributed by atoms with van der Waals surface area (Å²) < 4.78 is 27.5. The number of anilines is 2. The fourth-order valence-electron chi connectivity index (χ4n) is 3.07. The summed E-state index contributed by atoms with van der Waals surface area (Å²) in [5, 5.41) is 6.46. The van der Waals surface area contributed by atoms with Crippen LogP contribution in [-0.4, -0.2) is 32.0 Å². The van der Waals surface area contributed by atoms with Crippen molar-refractivity contribution in [3.05, 3.63) is 103 Å². The van der Waals surface area contributed by atoms with Gasteiger partial charge in [0, 0.05) is 19.3 Å². The van der Waals surface area contributed by atoms with Gasteiger partial charge in [-0.25, -0.2) is 13.4 Å². The van der Waals surface area contributed by atoms with Crippen LogP contribution in [0.25, 0.3) is 0 Å². The van der Waals surface area contributed by atoms with Crippen LogP contribution in [0.3, 0.4) is 0 Å². The number of nitrogens with zero attached hydrogens (tertiary/aromatic N) is 3. The van der Waals surface area contributed by atoms with Crippen molar-refractivity contribution in [3.8, 4) is 0 Å². The van der Waals surface area contributed by atoms with Crippen LogP contribution >= 0.6 is 0 Å². The van der Waals surface area contributed by atoms with Crippen LogP contribution in [0.2, 0.25) is 0 Å².